The average molecular weight is 386 g/mol. The molecule has 0 aliphatic carbocycles. The lowest BCUT2D eigenvalue weighted by atomic mass is 9.90. The molecular weight excluding hydrogens is 359 g/mol. The molecule has 0 spiro atoms. The summed E-state index contributed by atoms with van der Waals surface area (Å²) < 4.78 is 23.6. The number of carbonyl (C=O) groups excluding carboxylic acids is 1. The first-order chi connectivity index (χ1) is 13.6. The van der Waals surface area contributed by atoms with E-state index in [1.54, 1.807) is 26.4 Å². The zero-order valence-electron chi connectivity index (χ0n) is 16.4. The first kappa shape index (κ1) is 20.0. The van der Waals surface area contributed by atoms with E-state index in [9.17, 15) is 9.18 Å². The predicted octanol–water partition coefficient (Wildman–Crippen LogP) is 4.72. The molecule has 2 aromatic carbocycles. The largest absolute Gasteiger partial charge is 0.497 e. The Labute approximate surface area is 165 Å². The highest BCUT2D eigenvalue weighted by Gasteiger charge is 2.22. The summed E-state index contributed by atoms with van der Waals surface area (Å²) in [5.74, 6) is 1.89. The molecule has 3 rings (SSSR count). The molecule has 1 aliphatic rings. The number of rotatable bonds is 6. The SMILES string of the molecule is COc1cc(CCC2CCN(C(=O)Nc3ccc(F)cc3)CC2)cc(OC)c1. The van der Waals surface area contributed by atoms with E-state index in [0.717, 1.165) is 50.3 Å². The van der Waals surface area contributed by atoms with Gasteiger partial charge in [-0.25, -0.2) is 9.18 Å². The molecule has 0 atom stereocenters. The minimum atomic E-state index is -0.313. The topological polar surface area (TPSA) is 50.8 Å². The van der Waals surface area contributed by atoms with Crippen molar-refractivity contribution in [2.45, 2.75) is 25.7 Å². The highest BCUT2D eigenvalue weighted by molar-refractivity contribution is 5.89. The number of ether oxygens (including phenoxy) is 2. The molecule has 1 saturated heterocycles. The van der Waals surface area contributed by atoms with Crippen LogP contribution in [0.3, 0.4) is 0 Å². The molecule has 0 saturated carbocycles. The Morgan fingerprint density at radius 2 is 1.68 bits per heavy atom. The van der Waals surface area contributed by atoms with Crippen molar-refractivity contribution in [1.29, 1.82) is 0 Å². The number of hydrogen-bond acceptors (Lipinski definition) is 3. The van der Waals surface area contributed by atoms with Crippen LogP contribution in [0.25, 0.3) is 0 Å². The Morgan fingerprint density at radius 3 is 2.25 bits per heavy atom. The van der Waals surface area contributed by atoms with Gasteiger partial charge in [-0.2, -0.15) is 0 Å². The number of urea groups is 1. The summed E-state index contributed by atoms with van der Waals surface area (Å²) >= 11 is 0. The van der Waals surface area contributed by atoms with Crippen LogP contribution in [0.4, 0.5) is 14.9 Å². The quantitative estimate of drug-likeness (QED) is 0.782. The van der Waals surface area contributed by atoms with Crippen LogP contribution in [-0.2, 0) is 6.42 Å². The van der Waals surface area contributed by atoms with Crippen LogP contribution in [0.5, 0.6) is 11.5 Å². The molecule has 2 aromatic rings. The molecule has 0 unspecified atom stereocenters. The number of anilines is 1. The van der Waals surface area contributed by atoms with Gasteiger partial charge < -0.3 is 19.7 Å². The first-order valence-corrected chi connectivity index (χ1v) is 9.61. The van der Waals surface area contributed by atoms with Gasteiger partial charge >= 0.3 is 6.03 Å². The van der Waals surface area contributed by atoms with Crippen LogP contribution in [-0.4, -0.2) is 38.2 Å². The van der Waals surface area contributed by atoms with Crippen molar-refractivity contribution < 1.29 is 18.7 Å². The van der Waals surface area contributed by atoms with E-state index in [-0.39, 0.29) is 11.8 Å². The van der Waals surface area contributed by atoms with Gasteiger partial charge in [0.15, 0.2) is 0 Å². The fraction of sp³-hybridized carbons (Fsp3) is 0.409. The molecule has 0 aromatic heterocycles. The second-order valence-electron chi connectivity index (χ2n) is 7.13. The van der Waals surface area contributed by atoms with Gasteiger partial charge in [0, 0.05) is 24.8 Å². The fourth-order valence-electron chi connectivity index (χ4n) is 3.54. The number of amides is 2. The summed E-state index contributed by atoms with van der Waals surface area (Å²) in [7, 11) is 3.32. The van der Waals surface area contributed by atoms with Gasteiger partial charge in [0.25, 0.3) is 0 Å². The molecule has 2 amide bonds. The van der Waals surface area contributed by atoms with E-state index in [2.05, 4.69) is 5.32 Å². The number of aryl methyl sites for hydroxylation is 1. The number of benzene rings is 2. The molecule has 5 nitrogen and oxygen atoms in total. The van der Waals surface area contributed by atoms with Crippen molar-refractivity contribution in [2.24, 2.45) is 5.92 Å². The zero-order chi connectivity index (χ0) is 19.9. The Balaban J connectivity index is 1.46. The van der Waals surface area contributed by atoms with Gasteiger partial charge in [0.2, 0.25) is 0 Å². The van der Waals surface area contributed by atoms with Gasteiger partial charge in [-0.3, -0.25) is 0 Å². The minimum Gasteiger partial charge on any atom is -0.497 e. The summed E-state index contributed by atoms with van der Waals surface area (Å²) in [4.78, 5) is 14.2. The predicted molar refractivity (Wildman–Crippen MR) is 108 cm³/mol. The van der Waals surface area contributed by atoms with Gasteiger partial charge in [-0.05, 0) is 73.6 Å². The number of nitrogens with zero attached hydrogens (tertiary/aromatic N) is 1. The normalized spacial score (nSPS) is 14.6. The lowest BCUT2D eigenvalue weighted by molar-refractivity contribution is 0.180. The van der Waals surface area contributed by atoms with E-state index < -0.39 is 0 Å². The second-order valence-corrected chi connectivity index (χ2v) is 7.13. The average Bonchev–Trinajstić information content (AvgIpc) is 2.74. The second kappa shape index (κ2) is 9.44. The van der Waals surface area contributed by atoms with Crippen LogP contribution >= 0.6 is 0 Å². The maximum absolute atomic E-state index is 13.0. The van der Waals surface area contributed by atoms with E-state index in [1.165, 1.54) is 17.7 Å². The third-order valence-corrected chi connectivity index (χ3v) is 5.25. The maximum atomic E-state index is 13.0. The van der Waals surface area contributed by atoms with Crippen molar-refractivity contribution in [1.82, 2.24) is 4.90 Å². The van der Waals surface area contributed by atoms with Gasteiger partial charge in [0.05, 0.1) is 14.2 Å². The highest BCUT2D eigenvalue weighted by Crippen LogP contribution is 2.27. The van der Waals surface area contributed by atoms with Crippen molar-refractivity contribution in [2.75, 3.05) is 32.6 Å². The smallest absolute Gasteiger partial charge is 0.321 e. The van der Waals surface area contributed by atoms with E-state index in [0.29, 0.717) is 11.6 Å². The molecule has 28 heavy (non-hydrogen) atoms. The number of halogens is 1. The monoisotopic (exact) mass is 386 g/mol. The van der Waals surface area contributed by atoms with Crippen LogP contribution in [0.15, 0.2) is 42.5 Å². The van der Waals surface area contributed by atoms with E-state index in [4.69, 9.17) is 9.47 Å². The Kier molecular flexibility index (Phi) is 6.74. The summed E-state index contributed by atoms with van der Waals surface area (Å²) in [5, 5.41) is 2.83. The Bertz CT molecular complexity index is 765. The van der Waals surface area contributed by atoms with Crippen molar-refractivity contribution in [3.8, 4) is 11.5 Å². The van der Waals surface area contributed by atoms with Gasteiger partial charge in [-0.1, -0.05) is 0 Å². The summed E-state index contributed by atoms with van der Waals surface area (Å²) in [6, 6.07) is 11.7. The number of piperidine rings is 1. The summed E-state index contributed by atoms with van der Waals surface area (Å²) in [6.45, 7) is 1.47. The molecule has 0 radical (unpaired) electrons. The maximum Gasteiger partial charge on any atom is 0.321 e. The van der Waals surface area contributed by atoms with Gasteiger partial charge in [0.1, 0.15) is 17.3 Å². The molecule has 1 N–H and O–H groups in total. The lowest BCUT2D eigenvalue weighted by Gasteiger charge is -2.32. The molecular formula is C22H27FN2O3. The third kappa shape index (κ3) is 5.38. The molecule has 1 heterocycles. The molecule has 1 fully saturated rings. The number of methoxy groups -OCH3 is 2. The van der Waals surface area contributed by atoms with Crippen molar-refractivity contribution in [3.63, 3.8) is 0 Å². The Hall–Kier alpha value is -2.76. The van der Waals surface area contributed by atoms with Crippen molar-refractivity contribution in [3.05, 3.63) is 53.8 Å². The van der Waals surface area contributed by atoms with Crippen LogP contribution < -0.4 is 14.8 Å². The van der Waals surface area contributed by atoms with Crippen LogP contribution in [0, 0.1) is 11.7 Å². The molecule has 1 aliphatic heterocycles. The molecule has 150 valence electrons. The van der Waals surface area contributed by atoms with E-state index >= 15 is 0 Å². The number of nitrogens with one attached hydrogen (secondary N) is 1. The van der Waals surface area contributed by atoms with Crippen LogP contribution in [0.2, 0.25) is 0 Å². The third-order valence-electron chi connectivity index (χ3n) is 5.25. The molecule has 6 heteroatoms. The molecule has 0 bridgehead atoms. The minimum absolute atomic E-state index is 0.123. The Morgan fingerprint density at radius 1 is 1.07 bits per heavy atom. The van der Waals surface area contributed by atoms with Crippen molar-refractivity contribution >= 4 is 11.7 Å². The summed E-state index contributed by atoms with van der Waals surface area (Å²) in [6.07, 6.45) is 4.00. The number of carbonyl (C=O) groups is 1. The fourth-order valence-corrected chi connectivity index (χ4v) is 3.54. The van der Waals surface area contributed by atoms with Crippen LogP contribution in [0.1, 0.15) is 24.8 Å². The first-order valence-electron chi connectivity index (χ1n) is 9.61. The zero-order valence-corrected chi connectivity index (χ0v) is 16.4. The lowest BCUT2D eigenvalue weighted by Crippen LogP contribution is -2.41. The summed E-state index contributed by atoms with van der Waals surface area (Å²) in [5.41, 5.74) is 1.81. The van der Waals surface area contributed by atoms with E-state index in [1.807, 2.05) is 23.1 Å². The number of hydrogen-bond donors (Lipinski definition) is 1. The number of likely N-dealkylation sites (tertiary alicyclic amines) is 1. The standard InChI is InChI=1S/C22H27FN2O3/c1-27-20-13-17(14-21(15-20)28-2)4-3-16-9-11-25(12-10-16)22(26)24-19-7-5-18(23)6-8-19/h5-8,13-16H,3-4,9-12H2,1-2H3,(H,24,26). The van der Waals surface area contributed by atoms with Gasteiger partial charge in [-0.15, -0.1) is 0 Å². The highest BCUT2D eigenvalue weighted by atomic mass is 19.1.